The van der Waals surface area contributed by atoms with Crippen molar-refractivity contribution in [3.8, 4) is 0 Å². The molecule has 0 spiro atoms. The van der Waals surface area contributed by atoms with Gasteiger partial charge in [-0.05, 0) is 42.9 Å². The molecule has 7 heteroatoms. The lowest BCUT2D eigenvalue weighted by molar-refractivity contribution is -0.137. The number of nitrogens with zero attached hydrogens (tertiary/aromatic N) is 2. The highest BCUT2D eigenvalue weighted by Crippen LogP contribution is 2.49. The molecule has 1 unspecified atom stereocenters. The number of piperazine rings is 1. The van der Waals surface area contributed by atoms with E-state index in [0.29, 0.717) is 6.04 Å². The van der Waals surface area contributed by atoms with E-state index in [1.54, 1.807) is 0 Å². The van der Waals surface area contributed by atoms with Gasteiger partial charge in [-0.25, -0.2) is 0 Å². The number of hydrogen-bond donors (Lipinski definition) is 0. The number of ether oxygens (including phenoxy) is 1. The van der Waals surface area contributed by atoms with Gasteiger partial charge in [0.05, 0.1) is 5.56 Å². The lowest BCUT2D eigenvalue weighted by Gasteiger charge is -2.40. The Bertz CT molecular complexity index is 663. The molecule has 0 radical (unpaired) electrons. The Hall–Kier alpha value is -1.60. The molecule has 3 fully saturated rings. The Balaban J connectivity index is 1.29. The molecule has 1 saturated carbocycles. The second-order valence-electron chi connectivity index (χ2n) is 7.77. The van der Waals surface area contributed by atoms with Gasteiger partial charge in [0.15, 0.2) is 0 Å². The molecule has 0 aromatic heterocycles. The molecule has 3 aliphatic rings. The minimum atomic E-state index is -4.32. The second kappa shape index (κ2) is 7.43. The van der Waals surface area contributed by atoms with Crippen molar-refractivity contribution in [2.45, 2.75) is 37.4 Å². The van der Waals surface area contributed by atoms with E-state index in [9.17, 15) is 18.0 Å². The fourth-order valence-corrected chi connectivity index (χ4v) is 4.35. The molecule has 148 valence electrons. The average molecular weight is 382 g/mol. The van der Waals surface area contributed by atoms with E-state index in [1.807, 2.05) is 4.90 Å². The summed E-state index contributed by atoms with van der Waals surface area (Å²) in [4.78, 5) is 17.2. The van der Waals surface area contributed by atoms with E-state index in [1.165, 1.54) is 12.1 Å². The Kier molecular flexibility index (Phi) is 5.16. The van der Waals surface area contributed by atoms with Gasteiger partial charge in [-0.15, -0.1) is 0 Å². The predicted octanol–water partition coefficient (Wildman–Crippen LogP) is 3.13. The van der Waals surface area contributed by atoms with Crippen LogP contribution in [0, 0.1) is 5.92 Å². The summed E-state index contributed by atoms with van der Waals surface area (Å²) in [6.45, 7) is 4.92. The molecule has 2 aliphatic heterocycles. The molecule has 1 aromatic carbocycles. The quantitative estimate of drug-likeness (QED) is 0.805. The van der Waals surface area contributed by atoms with Crippen molar-refractivity contribution in [2.75, 3.05) is 39.4 Å². The fraction of sp³-hybridized carbons (Fsp3) is 0.650. The van der Waals surface area contributed by atoms with Gasteiger partial charge in [-0.2, -0.15) is 13.2 Å². The van der Waals surface area contributed by atoms with E-state index in [2.05, 4.69) is 4.90 Å². The summed E-state index contributed by atoms with van der Waals surface area (Å²) in [7, 11) is 0. The van der Waals surface area contributed by atoms with E-state index in [-0.39, 0.29) is 17.7 Å². The number of carbonyl (C=O) groups excluding carboxylic acids is 1. The highest BCUT2D eigenvalue weighted by atomic mass is 19.4. The number of halogens is 3. The lowest BCUT2D eigenvalue weighted by atomic mass is 10.0. The Labute approximate surface area is 157 Å². The van der Waals surface area contributed by atoms with Gasteiger partial charge < -0.3 is 9.64 Å². The zero-order valence-corrected chi connectivity index (χ0v) is 15.3. The monoisotopic (exact) mass is 382 g/mol. The van der Waals surface area contributed by atoms with Crippen LogP contribution < -0.4 is 0 Å². The molecule has 27 heavy (non-hydrogen) atoms. The fourth-order valence-electron chi connectivity index (χ4n) is 4.35. The summed E-state index contributed by atoms with van der Waals surface area (Å²) >= 11 is 0. The molecule has 2 heterocycles. The molecule has 2 saturated heterocycles. The van der Waals surface area contributed by atoms with Crippen LogP contribution in [0.2, 0.25) is 0 Å². The molecule has 1 aliphatic carbocycles. The summed E-state index contributed by atoms with van der Waals surface area (Å²) in [5.41, 5.74) is 0.196. The molecule has 1 aromatic rings. The van der Waals surface area contributed by atoms with Gasteiger partial charge in [0.2, 0.25) is 5.91 Å². The van der Waals surface area contributed by atoms with E-state index < -0.39 is 11.7 Å². The molecule has 4 nitrogen and oxygen atoms in total. The van der Waals surface area contributed by atoms with Crippen LogP contribution in [-0.2, 0) is 15.7 Å². The van der Waals surface area contributed by atoms with Gasteiger partial charge in [-0.1, -0.05) is 12.1 Å². The molecular weight excluding hydrogens is 357 g/mol. The van der Waals surface area contributed by atoms with E-state index in [4.69, 9.17) is 4.74 Å². The molecule has 0 N–H and O–H groups in total. The molecular formula is C20H25F3N2O2. The SMILES string of the molecule is O=C([C@H]1CC1c1ccc(C(F)(F)F)cc1)N1CCN(C2CCOCC2)CC1. The standard InChI is InChI=1S/C20H25F3N2O2/c21-20(22,23)15-3-1-14(2-4-15)17-13-18(17)19(26)25-9-7-24(8-10-25)16-5-11-27-12-6-16/h1-4,16-18H,5-13H2/t17?,18-/m0/s1. The molecule has 4 rings (SSSR count). The van der Waals surface area contributed by atoms with Crippen molar-refractivity contribution in [1.29, 1.82) is 0 Å². The summed E-state index contributed by atoms with van der Waals surface area (Å²) in [6, 6.07) is 5.83. The number of amides is 1. The third-order valence-electron chi connectivity index (χ3n) is 6.11. The summed E-state index contributed by atoms with van der Waals surface area (Å²) in [5, 5.41) is 0. The topological polar surface area (TPSA) is 32.8 Å². The third-order valence-corrected chi connectivity index (χ3v) is 6.11. The Morgan fingerprint density at radius 2 is 1.63 bits per heavy atom. The first-order valence-corrected chi connectivity index (χ1v) is 9.71. The van der Waals surface area contributed by atoms with Crippen molar-refractivity contribution in [3.05, 3.63) is 35.4 Å². The first-order valence-electron chi connectivity index (χ1n) is 9.71. The highest BCUT2D eigenvalue weighted by molar-refractivity contribution is 5.83. The van der Waals surface area contributed by atoms with Crippen LogP contribution in [0.15, 0.2) is 24.3 Å². The maximum Gasteiger partial charge on any atom is 0.416 e. The first kappa shape index (κ1) is 18.7. The molecule has 1 amide bonds. The minimum absolute atomic E-state index is 0.0632. The third kappa shape index (κ3) is 4.14. The maximum absolute atomic E-state index is 12.8. The van der Waals surface area contributed by atoms with Crippen LogP contribution in [0.5, 0.6) is 0 Å². The number of benzene rings is 1. The Morgan fingerprint density at radius 1 is 1.00 bits per heavy atom. The Morgan fingerprint density at radius 3 is 2.22 bits per heavy atom. The van der Waals surface area contributed by atoms with Gasteiger partial charge in [0, 0.05) is 51.4 Å². The minimum Gasteiger partial charge on any atom is -0.381 e. The van der Waals surface area contributed by atoms with Crippen LogP contribution in [0.3, 0.4) is 0 Å². The van der Waals surface area contributed by atoms with Gasteiger partial charge in [0.25, 0.3) is 0 Å². The molecule has 0 bridgehead atoms. The van der Waals surface area contributed by atoms with Crippen molar-refractivity contribution in [3.63, 3.8) is 0 Å². The van der Waals surface area contributed by atoms with Crippen molar-refractivity contribution in [1.82, 2.24) is 9.80 Å². The van der Waals surface area contributed by atoms with Crippen LogP contribution in [0.4, 0.5) is 13.2 Å². The summed E-state index contributed by atoms with van der Waals surface area (Å²) in [6.07, 6.45) is -1.45. The number of rotatable bonds is 3. The van der Waals surface area contributed by atoms with Gasteiger partial charge in [-0.3, -0.25) is 9.69 Å². The van der Waals surface area contributed by atoms with Gasteiger partial charge >= 0.3 is 6.18 Å². The highest BCUT2D eigenvalue weighted by Gasteiger charge is 2.46. The number of hydrogen-bond acceptors (Lipinski definition) is 3. The summed E-state index contributed by atoms with van der Waals surface area (Å²) < 4.78 is 43.5. The maximum atomic E-state index is 12.8. The normalized spacial score (nSPS) is 27.6. The predicted molar refractivity (Wildman–Crippen MR) is 94.3 cm³/mol. The van der Waals surface area contributed by atoms with Crippen molar-refractivity contribution < 1.29 is 22.7 Å². The van der Waals surface area contributed by atoms with Crippen LogP contribution in [0.25, 0.3) is 0 Å². The van der Waals surface area contributed by atoms with E-state index >= 15 is 0 Å². The van der Waals surface area contributed by atoms with Crippen LogP contribution in [0.1, 0.15) is 36.3 Å². The van der Waals surface area contributed by atoms with Crippen molar-refractivity contribution >= 4 is 5.91 Å². The summed E-state index contributed by atoms with van der Waals surface area (Å²) in [5.74, 6) is 0.149. The smallest absolute Gasteiger partial charge is 0.381 e. The first-order chi connectivity index (χ1) is 12.9. The molecule has 2 atom stereocenters. The van der Waals surface area contributed by atoms with Crippen molar-refractivity contribution in [2.24, 2.45) is 5.92 Å². The lowest BCUT2D eigenvalue weighted by Crippen LogP contribution is -2.53. The van der Waals surface area contributed by atoms with E-state index in [0.717, 1.165) is 76.4 Å². The largest absolute Gasteiger partial charge is 0.416 e. The van der Waals surface area contributed by atoms with Crippen LogP contribution >= 0.6 is 0 Å². The zero-order valence-electron chi connectivity index (χ0n) is 15.3. The second-order valence-corrected chi connectivity index (χ2v) is 7.77. The zero-order chi connectivity index (χ0) is 19.0. The van der Waals surface area contributed by atoms with Crippen LogP contribution in [-0.4, -0.2) is 61.1 Å². The average Bonchev–Trinajstić information content (AvgIpc) is 3.49. The number of carbonyl (C=O) groups is 1. The van der Waals surface area contributed by atoms with Gasteiger partial charge in [0.1, 0.15) is 0 Å². The number of alkyl halides is 3.